The van der Waals surface area contributed by atoms with Crippen LogP contribution in [0.1, 0.15) is 12.0 Å². The molecule has 0 aliphatic carbocycles. The number of nitro groups is 1. The molecule has 0 spiro atoms. The van der Waals surface area contributed by atoms with E-state index >= 15 is 0 Å². The van der Waals surface area contributed by atoms with Gasteiger partial charge in [-0.25, -0.2) is 4.98 Å². The third kappa shape index (κ3) is 3.43. The Balaban J connectivity index is 1.65. The topological polar surface area (TPSA) is 95.1 Å². The molecule has 0 saturated carbocycles. The molecule has 1 N–H and O–H groups in total. The minimum absolute atomic E-state index is 0.0529. The summed E-state index contributed by atoms with van der Waals surface area (Å²) in [6, 6.07) is 12.3. The van der Waals surface area contributed by atoms with Crippen LogP contribution in [0.15, 0.2) is 42.6 Å². The molecule has 122 valence electrons. The first-order valence-corrected chi connectivity index (χ1v) is 7.76. The number of nitro benzene ring substituents is 1. The van der Waals surface area contributed by atoms with Gasteiger partial charge in [0.1, 0.15) is 11.9 Å². The molecule has 1 aromatic carbocycles. The highest BCUT2D eigenvalue weighted by Gasteiger charge is 2.25. The molecule has 1 saturated heterocycles. The fourth-order valence-corrected chi connectivity index (χ4v) is 2.94. The number of benzene rings is 1. The molecule has 1 aromatic heterocycles. The molecule has 1 atom stereocenters. The maximum atomic E-state index is 10.8. The molecule has 1 fully saturated rings. The second-order valence-corrected chi connectivity index (χ2v) is 5.77. The summed E-state index contributed by atoms with van der Waals surface area (Å²) in [7, 11) is 0. The zero-order chi connectivity index (χ0) is 16.9. The fourth-order valence-electron chi connectivity index (χ4n) is 2.94. The molecule has 7 nitrogen and oxygen atoms in total. The van der Waals surface area contributed by atoms with Crippen LogP contribution < -0.4 is 10.2 Å². The van der Waals surface area contributed by atoms with Crippen LogP contribution in [0.25, 0.3) is 0 Å². The van der Waals surface area contributed by atoms with Crippen LogP contribution in [-0.2, 0) is 0 Å². The number of pyridine rings is 1. The molecule has 2 aromatic rings. The van der Waals surface area contributed by atoms with E-state index in [1.165, 1.54) is 12.1 Å². The number of rotatable bonds is 5. The third-order valence-corrected chi connectivity index (χ3v) is 4.17. The lowest BCUT2D eigenvalue weighted by Crippen LogP contribution is -2.23. The number of nitrogens with zero attached hydrogens (tertiary/aromatic N) is 4. The van der Waals surface area contributed by atoms with E-state index in [0.717, 1.165) is 37.6 Å². The van der Waals surface area contributed by atoms with Crippen molar-refractivity contribution in [3.63, 3.8) is 0 Å². The van der Waals surface area contributed by atoms with Crippen LogP contribution >= 0.6 is 0 Å². The highest BCUT2D eigenvalue weighted by atomic mass is 16.6. The first-order chi connectivity index (χ1) is 11.7. The highest BCUT2D eigenvalue weighted by Crippen LogP contribution is 2.29. The van der Waals surface area contributed by atoms with Gasteiger partial charge in [0, 0.05) is 38.0 Å². The van der Waals surface area contributed by atoms with Gasteiger partial charge in [-0.15, -0.1) is 0 Å². The molecule has 3 rings (SSSR count). The average Bonchev–Trinajstić information content (AvgIpc) is 3.09. The first kappa shape index (κ1) is 15.7. The van der Waals surface area contributed by atoms with Gasteiger partial charge >= 0.3 is 0 Å². The summed E-state index contributed by atoms with van der Waals surface area (Å²) >= 11 is 0. The number of nitriles is 1. The number of non-ortho nitro benzene ring substituents is 1. The Morgan fingerprint density at radius 2 is 2.29 bits per heavy atom. The number of anilines is 2. The maximum absolute atomic E-state index is 10.8. The average molecular weight is 323 g/mol. The van der Waals surface area contributed by atoms with Gasteiger partial charge in [-0.3, -0.25) is 10.1 Å². The molecule has 24 heavy (non-hydrogen) atoms. The predicted molar refractivity (Wildman–Crippen MR) is 90.9 cm³/mol. The summed E-state index contributed by atoms with van der Waals surface area (Å²) in [5.41, 5.74) is 1.06. The van der Waals surface area contributed by atoms with Crippen molar-refractivity contribution in [3.8, 4) is 6.07 Å². The molecule has 0 amide bonds. The minimum atomic E-state index is -0.478. The minimum Gasteiger partial charge on any atom is -0.370 e. The molecule has 1 aliphatic rings. The maximum Gasteiger partial charge on any atom is 0.270 e. The highest BCUT2D eigenvalue weighted by molar-refractivity contribution is 5.63. The molecular weight excluding hydrogens is 306 g/mol. The summed E-state index contributed by atoms with van der Waals surface area (Å²) in [5, 5.41) is 23.4. The normalized spacial score (nSPS) is 16.6. The largest absolute Gasteiger partial charge is 0.370 e. The van der Waals surface area contributed by atoms with Crippen LogP contribution in [-0.4, -0.2) is 29.5 Å². The van der Waals surface area contributed by atoms with Crippen molar-refractivity contribution in [2.75, 3.05) is 29.9 Å². The molecule has 7 heteroatoms. The number of nitrogens with one attached hydrogen (secondary N) is 1. The lowest BCUT2D eigenvalue weighted by atomic mass is 10.1. The van der Waals surface area contributed by atoms with Crippen molar-refractivity contribution in [2.24, 2.45) is 5.92 Å². The van der Waals surface area contributed by atoms with Crippen molar-refractivity contribution in [1.29, 1.82) is 5.26 Å². The van der Waals surface area contributed by atoms with E-state index in [9.17, 15) is 15.4 Å². The van der Waals surface area contributed by atoms with Crippen LogP contribution in [0.3, 0.4) is 0 Å². The lowest BCUT2D eigenvalue weighted by Gasteiger charge is -2.20. The lowest BCUT2D eigenvalue weighted by molar-refractivity contribution is -0.384. The number of hydrogen-bond donors (Lipinski definition) is 1. The molecule has 1 aliphatic heterocycles. The van der Waals surface area contributed by atoms with Gasteiger partial charge in [0.05, 0.1) is 16.2 Å². The van der Waals surface area contributed by atoms with Gasteiger partial charge < -0.3 is 10.2 Å². The van der Waals surface area contributed by atoms with Gasteiger partial charge in [-0.05, 0) is 30.5 Å². The zero-order valence-electron chi connectivity index (χ0n) is 13.1. The summed E-state index contributed by atoms with van der Waals surface area (Å²) in [5.74, 6) is 1.29. The zero-order valence-corrected chi connectivity index (χ0v) is 13.1. The predicted octanol–water partition coefficient (Wildman–Crippen LogP) is 2.80. The van der Waals surface area contributed by atoms with Crippen molar-refractivity contribution in [2.45, 2.75) is 6.42 Å². The van der Waals surface area contributed by atoms with Gasteiger partial charge in [-0.2, -0.15) is 5.26 Å². The number of hydrogen-bond acceptors (Lipinski definition) is 6. The van der Waals surface area contributed by atoms with Crippen LogP contribution in [0.5, 0.6) is 0 Å². The van der Waals surface area contributed by atoms with E-state index in [0.29, 0.717) is 11.5 Å². The van der Waals surface area contributed by atoms with Gasteiger partial charge in [0.2, 0.25) is 0 Å². The van der Waals surface area contributed by atoms with E-state index in [2.05, 4.69) is 21.3 Å². The van der Waals surface area contributed by atoms with Crippen molar-refractivity contribution in [1.82, 2.24) is 4.98 Å². The van der Waals surface area contributed by atoms with Crippen LogP contribution in [0, 0.1) is 27.4 Å². The van der Waals surface area contributed by atoms with E-state index in [4.69, 9.17) is 0 Å². The Bertz CT molecular complexity index is 772. The molecule has 2 heterocycles. The Hall–Kier alpha value is -3.14. The molecular formula is C17H17N5O2. The van der Waals surface area contributed by atoms with Crippen molar-refractivity contribution >= 4 is 17.2 Å². The molecule has 0 radical (unpaired) electrons. The van der Waals surface area contributed by atoms with E-state index < -0.39 is 4.92 Å². The van der Waals surface area contributed by atoms with E-state index in [-0.39, 0.29) is 5.69 Å². The second-order valence-electron chi connectivity index (χ2n) is 5.77. The summed E-state index contributed by atoms with van der Waals surface area (Å²) in [6.45, 7) is 2.45. The standard InChI is InChI=1S/C17H17N5O2/c18-10-14-9-15(22(23)24)4-5-16(14)21-8-6-13(12-21)11-20-17-3-1-2-7-19-17/h1-5,7,9,13H,6,8,11-12H2,(H,19,20). The van der Waals surface area contributed by atoms with E-state index in [1.54, 1.807) is 12.3 Å². The van der Waals surface area contributed by atoms with Crippen molar-refractivity contribution < 1.29 is 4.92 Å². The monoisotopic (exact) mass is 323 g/mol. The SMILES string of the molecule is N#Cc1cc([N+](=O)[O-])ccc1N1CCC(CNc2ccccn2)C1. The van der Waals surface area contributed by atoms with Crippen LogP contribution in [0.2, 0.25) is 0 Å². The van der Waals surface area contributed by atoms with Crippen molar-refractivity contribution in [3.05, 3.63) is 58.3 Å². The summed E-state index contributed by atoms with van der Waals surface area (Å²) in [6.07, 6.45) is 2.75. The van der Waals surface area contributed by atoms with E-state index in [1.807, 2.05) is 18.2 Å². The fraction of sp³-hybridized carbons (Fsp3) is 0.294. The Kier molecular flexibility index (Phi) is 4.57. The summed E-state index contributed by atoms with van der Waals surface area (Å²) < 4.78 is 0. The quantitative estimate of drug-likeness (QED) is 0.671. The molecule has 0 bridgehead atoms. The smallest absolute Gasteiger partial charge is 0.270 e. The molecule has 1 unspecified atom stereocenters. The van der Waals surface area contributed by atoms with Gasteiger partial charge in [-0.1, -0.05) is 6.07 Å². The first-order valence-electron chi connectivity index (χ1n) is 7.76. The second kappa shape index (κ2) is 6.96. The number of aromatic nitrogens is 1. The Morgan fingerprint density at radius 1 is 1.42 bits per heavy atom. The third-order valence-electron chi connectivity index (χ3n) is 4.17. The Morgan fingerprint density at radius 3 is 3.00 bits per heavy atom. The Labute approximate surface area is 139 Å². The van der Waals surface area contributed by atoms with Crippen LogP contribution in [0.4, 0.5) is 17.2 Å². The van der Waals surface area contributed by atoms with Gasteiger partial charge in [0.25, 0.3) is 5.69 Å². The van der Waals surface area contributed by atoms with Gasteiger partial charge in [0.15, 0.2) is 0 Å². The summed E-state index contributed by atoms with van der Waals surface area (Å²) in [4.78, 5) is 16.7.